The minimum absolute atomic E-state index is 0.00647. The van der Waals surface area contributed by atoms with Crippen LogP contribution in [0.25, 0.3) is 0 Å². The number of aromatic nitrogens is 3. The Morgan fingerprint density at radius 1 is 1.09 bits per heavy atom. The Morgan fingerprint density at radius 3 is 2.67 bits per heavy atom. The Morgan fingerprint density at radius 2 is 1.88 bits per heavy atom. The van der Waals surface area contributed by atoms with E-state index in [9.17, 15) is 9.59 Å². The number of ether oxygens (including phenoxy) is 1. The fourth-order valence-corrected chi connectivity index (χ4v) is 4.97. The zero-order valence-corrected chi connectivity index (χ0v) is 19.3. The second kappa shape index (κ2) is 9.36. The SMILES string of the molecule is CN1C(=O)Cc2cc(C(=O)CSc3nnc(N4CCOCC4)n3Cc3ccccc3)ccc21. The monoisotopic (exact) mass is 463 g/mol. The van der Waals surface area contributed by atoms with Gasteiger partial charge < -0.3 is 14.5 Å². The van der Waals surface area contributed by atoms with Crippen LogP contribution in [0.5, 0.6) is 0 Å². The summed E-state index contributed by atoms with van der Waals surface area (Å²) in [7, 11) is 1.76. The number of rotatable bonds is 7. The summed E-state index contributed by atoms with van der Waals surface area (Å²) in [5.74, 6) is 1.11. The van der Waals surface area contributed by atoms with E-state index in [2.05, 4.69) is 31.8 Å². The molecule has 170 valence electrons. The summed E-state index contributed by atoms with van der Waals surface area (Å²) in [6.07, 6.45) is 0.342. The lowest BCUT2D eigenvalue weighted by molar-refractivity contribution is -0.117. The molecule has 0 spiro atoms. The van der Waals surface area contributed by atoms with E-state index in [4.69, 9.17) is 4.74 Å². The van der Waals surface area contributed by atoms with Gasteiger partial charge in [0.05, 0.1) is 31.9 Å². The first kappa shape index (κ1) is 21.7. The molecule has 0 atom stereocenters. The van der Waals surface area contributed by atoms with Gasteiger partial charge in [-0.1, -0.05) is 42.1 Å². The lowest BCUT2D eigenvalue weighted by atomic mass is 10.1. The van der Waals surface area contributed by atoms with Crippen LogP contribution >= 0.6 is 11.8 Å². The molecule has 2 aromatic carbocycles. The van der Waals surface area contributed by atoms with Gasteiger partial charge in [0.2, 0.25) is 11.9 Å². The predicted octanol–water partition coefficient (Wildman–Crippen LogP) is 2.66. The molecular formula is C24H25N5O3S. The minimum Gasteiger partial charge on any atom is -0.378 e. The van der Waals surface area contributed by atoms with Crippen molar-refractivity contribution in [2.24, 2.45) is 0 Å². The van der Waals surface area contributed by atoms with Gasteiger partial charge in [0.15, 0.2) is 10.9 Å². The number of fused-ring (bicyclic) bond motifs is 1. The number of anilines is 2. The highest BCUT2D eigenvalue weighted by molar-refractivity contribution is 7.99. The molecule has 0 unspecified atom stereocenters. The zero-order chi connectivity index (χ0) is 22.8. The molecule has 0 aliphatic carbocycles. The number of morpholine rings is 1. The van der Waals surface area contributed by atoms with Crippen molar-refractivity contribution in [3.8, 4) is 0 Å². The van der Waals surface area contributed by atoms with Gasteiger partial charge in [0.1, 0.15) is 0 Å². The third-order valence-electron chi connectivity index (χ3n) is 5.99. The number of Topliss-reactive ketones (excluding diaryl/α,β-unsaturated/α-hetero) is 1. The highest BCUT2D eigenvalue weighted by Gasteiger charge is 2.25. The normalized spacial score (nSPS) is 15.7. The largest absolute Gasteiger partial charge is 0.378 e. The van der Waals surface area contributed by atoms with Crippen LogP contribution in [0.4, 0.5) is 11.6 Å². The van der Waals surface area contributed by atoms with Crippen LogP contribution in [0.15, 0.2) is 53.7 Å². The summed E-state index contributed by atoms with van der Waals surface area (Å²) in [6, 6.07) is 15.7. The Labute approximate surface area is 196 Å². The maximum atomic E-state index is 13.0. The topological polar surface area (TPSA) is 80.6 Å². The third kappa shape index (κ3) is 4.51. The molecule has 33 heavy (non-hydrogen) atoms. The minimum atomic E-state index is 0.00647. The molecule has 1 saturated heterocycles. The summed E-state index contributed by atoms with van der Waals surface area (Å²) < 4.78 is 7.56. The molecule has 1 fully saturated rings. The molecule has 3 aromatic rings. The average molecular weight is 464 g/mol. The molecule has 1 amide bonds. The van der Waals surface area contributed by atoms with Crippen LogP contribution in [0.3, 0.4) is 0 Å². The number of hydrogen-bond donors (Lipinski definition) is 0. The van der Waals surface area contributed by atoms with Crippen LogP contribution < -0.4 is 9.80 Å². The molecule has 2 aliphatic rings. The van der Waals surface area contributed by atoms with Gasteiger partial charge >= 0.3 is 0 Å². The molecule has 2 aliphatic heterocycles. The maximum Gasteiger partial charge on any atom is 0.231 e. The van der Waals surface area contributed by atoms with Crippen molar-refractivity contribution in [2.45, 2.75) is 18.1 Å². The van der Waals surface area contributed by atoms with E-state index in [1.165, 1.54) is 11.8 Å². The maximum absolute atomic E-state index is 13.0. The fourth-order valence-electron chi connectivity index (χ4n) is 4.15. The van der Waals surface area contributed by atoms with E-state index < -0.39 is 0 Å². The lowest BCUT2D eigenvalue weighted by Crippen LogP contribution is -2.38. The van der Waals surface area contributed by atoms with Crippen LogP contribution in [0, 0.1) is 0 Å². The quantitative estimate of drug-likeness (QED) is 0.394. The number of amides is 1. The van der Waals surface area contributed by atoms with Gasteiger partial charge in [-0.05, 0) is 29.3 Å². The van der Waals surface area contributed by atoms with Crippen molar-refractivity contribution in [3.63, 3.8) is 0 Å². The standard InChI is InChI=1S/C24H25N5O3S/c1-27-20-8-7-18(13-19(20)14-22(27)31)21(30)16-33-24-26-25-23(28-9-11-32-12-10-28)29(24)15-17-5-3-2-4-6-17/h2-8,13H,9-12,14-16H2,1H3. The Bertz CT molecular complexity index is 1170. The van der Waals surface area contributed by atoms with E-state index in [1.807, 2.05) is 30.3 Å². The van der Waals surface area contributed by atoms with E-state index in [-0.39, 0.29) is 17.4 Å². The second-order valence-electron chi connectivity index (χ2n) is 8.14. The summed E-state index contributed by atoms with van der Waals surface area (Å²) in [5, 5.41) is 9.59. The number of thioether (sulfide) groups is 1. The zero-order valence-electron chi connectivity index (χ0n) is 18.4. The van der Waals surface area contributed by atoms with Crippen molar-refractivity contribution in [3.05, 3.63) is 65.2 Å². The Kier molecular flexibility index (Phi) is 6.15. The lowest BCUT2D eigenvalue weighted by Gasteiger charge is -2.28. The highest BCUT2D eigenvalue weighted by Crippen LogP contribution is 2.30. The van der Waals surface area contributed by atoms with E-state index in [0.29, 0.717) is 36.9 Å². The summed E-state index contributed by atoms with van der Waals surface area (Å²) >= 11 is 1.39. The van der Waals surface area contributed by atoms with Crippen molar-refractivity contribution >= 4 is 35.1 Å². The molecule has 0 saturated carbocycles. The van der Waals surface area contributed by atoms with Crippen molar-refractivity contribution < 1.29 is 14.3 Å². The van der Waals surface area contributed by atoms with E-state index >= 15 is 0 Å². The van der Waals surface area contributed by atoms with Crippen molar-refractivity contribution in [1.29, 1.82) is 0 Å². The molecule has 0 bridgehead atoms. The number of nitrogens with zero attached hydrogens (tertiary/aromatic N) is 5. The number of carbonyl (C=O) groups is 2. The molecule has 8 nitrogen and oxygen atoms in total. The van der Waals surface area contributed by atoms with Gasteiger partial charge in [-0.25, -0.2) is 0 Å². The molecule has 3 heterocycles. The molecule has 5 rings (SSSR count). The first-order valence-electron chi connectivity index (χ1n) is 11.0. The van der Waals surface area contributed by atoms with Gasteiger partial charge in [0.25, 0.3) is 0 Å². The smallest absolute Gasteiger partial charge is 0.231 e. The van der Waals surface area contributed by atoms with Gasteiger partial charge in [-0.3, -0.25) is 14.2 Å². The summed E-state index contributed by atoms with van der Waals surface area (Å²) in [5.41, 5.74) is 3.54. The Hall–Kier alpha value is -3.17. The first-order valence-corrected chi connectivity index (χ1v) is 11.9. The number of ketones is 1. The summed E-state index contributed by atoms with van der Waals surface area (Å²) in [4.78, 5) is 28.7. The molecule has 0 N–H and O–H groups in total. The number of benzene rings is 2. The van der Waals surface area contributed by atoms with Crippen LogP contribution in [-0.4, -0.2) is 65.6 Å². The molecular weight excluding hydrogens is 438 g/mol. The predicted molar refractivity (Wildman–Crippen MR) is 127 cm³/mol. The second-order valence-corrected chi connectivity index (χ2v) is 9.08. The number of hydrogen-bond acceptors (Lipinski definition) is 7. The van der Waals surface area contributed by atoms with Crippen LogP contribution in [-0.2, 0) is 22.5 Å². The first-order chi connectivity index (χ1) is 16.1. The van der Waals surface area contributed by atoms with Crippen LogP contribution in [0.1, 0.15) is 21.5 Å². The van der Waals surface area contributed by atoms with Gasteiger partial charge in [-0.2, -0.15) is 0 Å². The van der Waals surface area contributed by atoms with Gasteiger partial charge in [0, 0.05) is 31.4 Å². The van der Waals surface area contributed by atoms with Crippen molar-refractivity contribution in [2.75, 3.05) is 48.9 Å². The number of likely N-dealkylation sites (N-methyl/N-ethyl adjacent to an activating group) is 1. The van der Waals surface area contributed by atoms with Crippen molar-refractivity contribution in [1.82, 2.24) is 14.8 Å². The highest BCUT2D eigenvalue weighted by atomic mass is 32.2. The van der Waals surface area contributed by atoms with E-state index in [0.717, 1.165) is 35.9 Å². The molecule has 1 aromatic heterocycles. The third-order valence-corrected chi connectivity index (χ3v) is 6.95. The van der Waals surface area contributed by atoms with Crippen LogP contribution in [0.2, 0.25) is 0 Å². The summed E-state index contributed by atoms with van der Waals surface area (Å²) in [6.45, 7) is 3.48. The van der Waals surface area contributed by atoms with Gasteiger partial charge in [-0.15, -0.1) is 10.2 Å². The molecule has 0 radical (unpaired) electrons. The molecule has 9 heteroatoms. The van der Waals surface area contributed by atoms with E-state index in [1.54, 1.807) is 18.0 Å². The fraction of sp³-hybridized carbons (Fsp3) is 0.333. The number of carbonyl (C=O) groups excluding carboxylic acids is 2. The average Bonchev–Trinajstić information content (AvgIpc) is 3.38. The Balaban J connectivity index is 1.35.